The van der Waals surface area contributed by atoms with Crippen LogP contribution < -0.4 is 15.2 Å². The molecule has 164 valence electrons. The largest absolute Gasteiger partial charge is 0.469 e. The van der Waals surface area contributed by atoms with Crippen LogP contribution >= 0.6 is 0 Å². The van der Waals surface area contributed by atoms with E-state index in [2.05, 4.69) is 15.3 Å². The van der Waals surface area contributed by atoms with Crippen LogP contribution in [-0.2, 0) is 20.9 Å². The molecule has 4 N–H and O–H groups in total. The number of sulfonamides is 1. The van der Waals surface area contributed by atoms with E-state index in [1.807, 2.05) is 0 Å². The topological polar surface area (TPSA) is 137 Å². The lowest BCUT2D eigenvalue weighted by Crippen LogP contribution is -2.41. The summed E-state index contributed by atoms with van der Waals surface area (Å²) < 4.78 is 86.8. The Balaban J connectivity index is 1.91. The Morgan fingerprint density at radius 3 is 2.67 bits per heavy atom. The number of benzene rings is 1. The molecule has 0 spiro atoms. The second-order valence-corrected chi connectivity index (χ2v) is 7.87. The average Bonchev–Trinajstić information content (AvgIpc) is 2.64. The van der Waals surface area contributed by atoms with Crippen molar-refractivity contribution in [1.29, 1.82) is 0 Å². The lowest BCUT2D eigenvalue weighted by Gasteiger charge is -2.28. The lowest BCUT2D eigenvalue weighted by atomic mass is 10.1. The van der Waals surface area contributed by atoms with Crippen LogP contribution in [0.4, 0.5) is 29.2 Å². The highest BCUT2D eigenvalue weighted by Gasteiger charge is 2.38. The van der Waals surface area contributed by atoms with Gasteiger partial charge in [0.05, 0.1) is 23.3 Å². The quantitative estimate of drug-likeness (QED) is 0.582. The first-order valence-corrected chi connectivity index (χ1v) is 9.96. The van der Waals surface area contributed by atoms with Crippen LogP contribution in [0.1, 0.15) is 12.0 Å². The Labute approximate surface area is 167 Å². The number of nitrogens with zero attached hydrogens (tertiary/aromatic N) is 2. The Morgan fingerprint density at radius 1 is 1.33 bits per heavy atom. The van der Waals surface area contributed by atoms with Crippen LogP contribution in [0.25, 0.3) is 0 Å². The summed E-state index contributed by atoms with van der Waals surface area (Å²) in [7, 11) is -4.14. The SMILES string of the molecule is NS(=O)(=O)c1ccc(Nc2ncc(C(F)(F)F)c(O[C@H]3COCC[C@H]3O)n2)c(F)c1. The van der Waals surface area contributed by atoms with Crippen LogP contribution in [0.2, 0.25) is 0 Å². The summed E-state index contributed by atoms with van der Waals surface area (Å²) in [5.74, 6) is -2.38. The number of nitrogens with two attached hydrogens (primary N) is 1. The Bertz CT molecular complexity index is 1030. The second-order valence-electron chi connectivity index (χ2n) is 6.31. The molecule has 2 atom stereocenters. The number of rotatable bonds is 5. The van der Waals surface area contributed by atoms with E-state index in [0.29, 0.717) is 12.3 Å². The minimum absolute atomic E-state index is 0.144. The van der Waals surface area contributed by atoms with Crippen LogP contribution in [0.3, 0.4) is 0 Å². The number of halogens is 4. The first-order valence-electron chi connectivity index (χ1n) is 8.41. The molecule has 1 aliphatic rings. The third-order valence-electron chi connectivity index (χ3n) is 4.11. The van der Waals surface area contributed by atoms with Gasteiger partial charge in [-0.25, -0.2) is 22.9 Å². The van der Waals surface area contributed by atoms with Crippen molar-refractivity contribution in [3.63, 3.8) is 0 Å². The normalized spacial score (nSPS) is 20.1. The van der Waals surface area contributed by atoms with Gasteiger partial charge in [-0.2, -0.15) is 18.2 Å². The molecule has 1 aromatic carbocycles. The predicted octanol–water partition coefficient (Wildman–Crippen LogP) is 1.55. The molecular weight excluding hydrogens is 436 g/mol. The van der Waals surface area contributed by atoms with Gasteiger partial charge in [-0.15, -0.1) is 0 Å². The predicted molar refractivity (Wildman–Crippen MR) is 93.9 cm³/mol. The first kappa shape index (κ1) is 22.1. The highest BCUT2D eigenvalue weighted by Crippen LogP contribution is 2.36. The number of hydrogen-bond acceptors (Lipinski definition) is 8. The number of nitrogens with one attached hydrogen (secondary N) is 1. The van der Waals surface area contributed by atoms with Gasteiger partial charge in [0.25, 0.3) is 0 Å². The van der Waals surface area contributed by atoms with E-state index in [1.54, 1.807) is 0 Å². The molecule has 0 radical (unpaired) electrons. The molecule has 0 unspecified atom stereocenters. The van der Waals surface area contributed by atoms with Gasteiger partial charge in [0.1, 0.15) is 17.5 Å². The maximum absolute atomic E-state index is 14.2. The third kappa shape index (κ3) is 5.13. The smallest absolute Gasteiger partial charge is 0.423 e. The summed E-state index contributed by atoms with van der Waals surface area (Å²) in [6, 6.07) is 2.64. The molecule has 30 heavy (non-hydrogen) atoms. The van der Waals surface area contributed by atoms with Crippen molar-refractivity contribution in [3.8, 4) is 5.88 Å². The summed E-state index contributed by atoms with van der Waals surface area (Å²) in [5, 5.41) is 17.2. The van der Waals surface area contributed by atoms with E-state index >= 15 is 0 Å². The van der Waals surface area contributed by atoms with Crippen molar-refractivity contribution in [2.45, 2.75) is 29.7 Å². The van der Waals surface area contributed by atoms with E-state index < -0.39 is 56.5 Å². The standard InChI is InChI=1S/C16H16F4N4O5S/c17-10-5-8(30(21,26)27)1-2-11(10)23-15-22-6-9(16(18,19)20)14(24-15)29-13-7-28-4-3-12(13)25/h1-2,5-6,12-13,25H,3-4,7H2,(H2,21,26,27)(H,22,23,24)/t12-,13+/m1/s1. The molecule has 0 aliphatic carbocycles. The third-order valence-corrected chi connectivity index (χ3v) is 5.02. The Morgan fingerprint density at radius 2 is 2.07 bits per heavy atom. The van der Waals surface area contributed by atoms with Gasteiger partial charge >= 0.3 is 6.18 Å². The number of ether oxygens (including phenoxy) is 2. The van der Waals surface area contributed by atoms with Crippen molar-refractivity contribution in [2.24, 2.45) is 5.14 Å². The van der Waals surface area contributed by atoms with Crippen molar-refractivity contribution >= 4 is 21.7 Å². The van der Waals surface area contributed by atoms with E-state index in [9.17, 15) is 31.1 Å². The molecule has 14 heteroatoms. The van der Waals surface area contributed by atoms with Gasteiger partial charge in [0.15, 0.2) is 0 Å². The zero-order valence-corrected chi connectivity index (χ0v) is 15.9. The number of anilines is 2. The summed E-state index contributed by atoms with van der Waals surface area (Å²) in [6.45, 7) is 0.0897. The fourth-order valence-electron chi connectivity index (χ4n) is 2.56. The molecule has 0 bridgehead atoms. The molecule has 1 aliphatic heterocycles. The lowest BCUT2D eigenvalue weighted by molar-refractivity contribution is -0.142. The number of alkyl halides is 3. The van der Waals surface area contributed by atoms with Gasteiger partial charge in [0.2, 0.25) is 21.9 Å². The average molecular weight is 452 g/mol. The number of primary sulfonamides is 1. The van der Waals surface area contributed by atoms with E-state index in [1.165, 1.54) is 0 Å². The number of aliphatic hydroxyl groups is 1. The summed E-state index contributed by atoms with van der Waals surface area (Å²) in [6.07, 6.45) is -6.39. The molecule has 1 aromatic heterocycles. The molecule has 1 fully saturated rings. The number of aliphatic hydroxyl groups excluding tert-OH is 1. The molecule has 2 aromatic rings. The van der Waals surface area contributed by atoms with Gasteiger partial charge in [-0.3, -0.25) is 0 Å². The van der Waals surface area contributed by atoms with Crippen LogP contribution in [-0.4, -0.2) is 48.9 Å². The fraction of sp³-hybridized carbons (Fsp3) is 0.375. The van der Waals surface area contributed by atoms with Crippen LogP contribution in [0.15, 0.2) is 29.3 Å². The molecule has 9 nitrogen and oxygen atoms in total. The van der Waals surface area contributed by atoms with Gasteiger partial charge < -0.3 is 19.9 Å². The van der Waals surface area contributed by atoms with Crippen molar-refractivity contribution in [1.82, 2.24) is 9.97 Å². The van der Waals surface area contributed by atoms with Gasteiger partial charge in [-0.05, 0) is 18.2 Å². The van der Waals surface area contributed by atoms with Gasteiger partial charge in [-0.1, -0.05) is 0 Å². The van der Waals surface area contributed by atoms with E-state index in [4.69, 9.17) is 14.6 Å². The van der Waals surface area contributed by atoms with E-state index in [-0.39, 0.29) is 25.3 Å². The van der Waals surface area contributed by atoms with Gasteiger partial charge in [0, 0.05) is 19.2 Å². The zero-order valence-electron chi connectivity index (χ0n) is 15.1. The summed E-state index contributed by atoms with van der Waals surface area (Å²) in [4.78, 5) is 6.64. The Kier molecular flexibility index (Phi) is 6.12. The van der Waals surface area contributed by atoms with Crippen molar-refractivity contribution < 1.29 is 40.6 Å². The Hall–Kier alpha value is -2.55. The molecule has 1 saturated heterocycles. The maximum atomic E-state index is 14.2. The minimum atomic E-state index is -4.85. The highest BCUT2D eigenvalue weighted by atomic mass is 32.2. The monoisotopic (exact) mass is 452 g/mol. The van der Waals surface area contributed by atoms with Crippen LogP contribution in [0.5, 0.6) is 5.88 Å². The highest BCUT2D eigenvalue weighted by molar-refractivity contribution is 7.89. The molecular formula is C16H16F4N4O5S. The minimum Gasteiger partial charge on any atom is -0.469 e. The zero-order chi connectivity index (χ0) is 22.1. The molecule has 3 rings (SSSR count). The van der Waals surface area contributed by atoms with Crippen LogP contribution in [0, 0.1) is 5.82 Å². The summed E-state index contributed by atoms with van der Waals surface area (Å²) >= 11 is 0. The molecule has 2 heterocycles. The number of hydrogen-bond donors (Lipinski definition) is 3. The first-order chi connectivity index (χ1) is 13.9. The van der Waals surface area contributed by atoms with Crippen molar-refractivity contribution in [2.75, 3.05) is 18.5 Å². The van der Waals surface area contributed by atoms with Crippen molar-refractivity contribution in [3.05, 3.63) is 35.8 Å². The fourth-order valence-corrected chi connectivity index (χ4v) is 3.09. The summed E-state index contributed by atoms with van der Waals surface area (Å²) in [5.41, 5.74) is -1.61. The maximum Gasteiger partial charge on any atom is 0.423 e. The molecule has 0 saturated carbocycles. The molecule has 0 amide bonds. The number of aromatic nitrogens is 2. The van der Waals surface area contributed by atoms with E-state index in [0.717, 1.165) is 12.1 Å². The second kappa shape index (κ2) is 8.29.